The molecule has 0 aromatic carbocycles. The Hall–Kier alpha value is -0.120. The summed E-state index contributed by atoms with van der Waals surface area (Å²) in [5, 5.41) is 13.6. The second kappa shape index (κ2) is 6.72. The zero-order valence-corrected chi connectivity index (χ0v) is 11.2. The molecule has 1 saturated carbocycles. The summed E-state index contributed by atoms with van der Waals surface area (Å²) in [4.78, 5) is 2.54. The Labute approximate surface area is 106 Å². The molecule has 0 aromatic rings. The first-order chi connectivity index (χ1) is 8.31. The zero-order valence-electron chi connectivity index (χ0n) is 11.2. The topological polar surface area (TPSA) is 35.5 Å². The van der Waals surface area contributed by atoms with E-state index in [4.69, 9.17) is 0 Å². The summed E-state index contributed by atoms with van der Waals surface area (Å²) in [5.74, 6) is 0.838. The first-order valence-corrected chi connectivity index (χ1v) is 7.44. The first kappa shape index (κ1) is 13.3. The van der Waals surface area contributed by atoms with Gasteiger partial charge in [0, 0.05) is 12.6 Å². The van der Waals surface area contributed by atoms with E-state index in [1.807, 2.05) is 0 Å². The molecule has 2 unspecified atom stereocenters. The Morgan fingerprint density at radius 2 is 1.82 bits per heavy atom. The SMILES string of the molecule is CCN(CC1CCNCC1)C1CCCCC1O. The number of rotatable bonds is 4. The lowest BCUT2D eigenvalue weighted by Gasteiger charge is -2.39. The minimum absolute atomic E-state index is 0.0783. The van der Waals surface area contributed by atoms with Crippen LogP contribution in [0.15, 0.2) is 0 Å². The van der Waals surface area contributed by atoms with E-state index < -0.39 is 0 Å². The number of aliphatic hydroxyl groups excluding tert-OH is 1. The third-order valence-corrected chi connectivity index (χ3v) is 4.52. The van der Waals surface area contributed by atoms with Gasteiger partial charge in [0.2, 0.25) is 0 Å². The van der Waals surface area contributed by atoms with E-state index in [0.29, 0.717) is 6.04 Å². The van der Waals surface area contributed by atoms with Crippen LogP contribution in [0.3, 0.4) is 0 Å². The van der Waals surface area contributed by atoms with E-state index in [1.54, 1.807) is 0 Å². The highest BCUT2D eigenvalue weighted by Crippen LogP contribution is 2.25. The van der Waals surface area contributed by atoms with E-state index in [0.717, 1.165) is 18.9 Å². The predicted octanol–water partition coefficient (Wildman–Crippen LogP) is 1.61. The summed E-state index contributed by atoms with van der Waals surface area (Å²) in [5.41, 5.74) is 0. The van der Waals surface area contributed by atoms with Gasteiger partial charge in [-0.05, 0) is 51.2 Å². The fraction of sp³-hybridized carbons (Fsp3) is 1.00. The molecule has 1 heterocycles. The van der Waals surface area contributed by atoms with E-state index in [1.165, 1.54) is 51.7 Å². The third-order valence-electron chi connectivity index (χ3n) is 4.52. The summed E-state index contributed by atoms with van der Waals surface area (Å²) in [6.45, 7) is 6.87. The predicted molar refractivity (Wildman–Crippen MR) is 71.1 cm³/mol. The Bertz CT molecular complexity index is 216. The van der Waals surface area contributed by atoms with Crippen LogP contribution in [0, 0.1) is 5.92 Å². The van der Waals surface area contributed by atoms with Gasteiger partial charge in [-0.3, -0.25) is 4.90 Å². The van der Waals surface area contributed by atoms with Crippen LogP contribution >= 0.6 is 0 Å². The van der Waals surface area contributed by atoms with Crippen molar-refractivity contribution in [3.8, 4) is 0 Å². The van der Waals surface area contributed by atoms with Crippen LogP contribution in [0.1, 0.15) is 45.4 Å². The van der Waals surface area contributed by atoms with Crippen molar-refractivity contribution in [2.45, 2.75) is 57.6 Å². The number of nitrogens with zero attached hydrogens (tertiary/aromatic N) is 1. The van der Waals surface area contributed by atoms with Crippen LogP contribution in [-0.4, -0.2) is 48.3 Å². The van der Waals surface area contributed by atoms with Gasteiger partial charge in [0.1, 0.15) is 0 Å². The smallest absolute Gasteiger partial charge is 0.0695 e. The molecule has 2 N–H and O–H groups in total. The van der Waals surface area contributed by atoms with Crippen LogP contribution in [0.4, 0.5) is 0 Å². The molecule has 2 atom stereocenters. The van der Waals surface area contributed by atoms with Gasteiger partial charge in [0.15, 0.2) is 0 Å². The van der Waals surface area contributed by atoms with E-state index >= 15 is 0 Å². The van der Waals surface area contributed by atoms with E-state index in [9.17, 15) is 5.11 Å². The van der Waals surface area contributed by atoms with Gasteiger partial charge >= 0.3 is 0 Å². The van der Waals surface area contributed by atoms with Gasteiger partial charge in [-0.15, -0.1) is 0 Å². The van der Waals surface area contributed by atoms with Crippen molar-refractivity contribution in [1.82, 2.24) is 10.2 Å². The van der Waals surface area contributed by atoms with Crippen molar-refractivity contribution in [1.29, 1.82) is 0 Å². The number of aliphatic hydroxyl groups is 1. The fourth-order valence-corrected chi connectivity index (χ4v) is 3.41. The first-order valence-electron chi connectivity index (χ1n) is 7.44. The quantitative estimate of drug-likeness (QED) is 0.784. The van der Waals surface area contributed by atoms with Gasteiger partial charge in [0.05, 0.1) is 6.10 Å². The molecule has 1 saturated heterocycles. The Kier molecular flexibility index (Phi) is 5.26. The van der Waals surface area contributed by atoms with Gasteiger partial charge in [-0.1, -0.05) is 19.8 Å². The second-order valence-corrected chi connectivity index (χ2v) is 5.70. The molecule has 2 fully saturated rings. The lowest BCUT2D eigenvalue weighted by atomic mass is 9.89. The summed E-state index contributed by atoms with van der Waals surface area (Å²) < 4.78 is 0. The van der Waals surface area contributed by atoms with Crippen molar-refractivity contribution in [2.24, 2.45) is 5.92 Å². The highest BCUT2D eigenvalue weighted by Gasteiger charge is 2.29. The van der Waals surface area contributed by atoms with Crippen molar-refractivity contribution >= 4 is 0 Å². The standard InChI is InChI=1S/C14H28N2O/c1-2-16(11-12-7-9-15-10-8-12)13-5-3-4-6-14(13)17/h12-15,17H,2-11H2,1H3. The minimum atomic E-state index is -0.0783. The molecule has 2 rings (SSSR count). The minimum Gasteiger partial charge on any atom is -0.391 e. The van der Waals surface area contributed by atoms with Crippen LogP contribution in [0.5, 0.6) is 0 Å². The van der Waals surface area contributed by atoms with E-state index in [-0.39, 0.29) is 6.10 Å². The lowest BCUT2D eigenvalue weighted by molar-refractivity contribution is 0.0129. The number of nitrogens with one attached hydrogen (secondary N) is 1. The highest BCUT2D eigenvalue weighted by atomic mass is 16.3. The van der Waals surface area contributed by atoms with Gasteiger partial charge in [-0.2, -0.15) is 0 Å². The van der Waals surface area contributed by atoms with Gasteiger partial charge in [0.25, 0.3) is 0 Å². The average molecular weight is 240 g/mol. The molecular weight excluding hydrogens is 212 g/mol. The molecule has 0 bridgehead atoms. The Morgan fingerprint density at radius 1 is 1.12 bits per heavy atom. The van der Waals surface area contributed by atoms with E-state index in [2.05, 4.69) is 17.1 Å². The number of likely N-dealkylation sites (N-methyl/N-ethyl adjacent to an activating group) is 1. The van der Waals surface area contributed by atoms with Crippen LogP contribution in [0.2, 0.25) is 0 Å². The number of hydrogen-bond acceptors (Lipinski definition) is 3. The maximum absolute atomic E-state index is 10.1. The summed E-state index contributed by atoms with van der Waals surface area (Å²) in [6, 6.07) is 0.434. The Balaban J connectivity index is 1.85. The largest absolute Gasteiger partial charge is 0.391 e. The van der Waals surface area contributed by atoms with Gasteiger partial charge < -0.3 is 10.4 Å². The maximum atomic E-state index is 10.1. The van der Waals surface area contributed by atoms with Crippen molar-refractivity contribution in [2.75, 3.05) is 26.2 Å². The molecule has 0 aromatic heterocycles. The van der Waals surface area contributed by atoms with Gasteiger partial charge in [-0.25, -0.2) is 0 Å². The Morgan fingerprint density at radius 3 is 2.47 bits per heavy atom. The molecule has 17 heavy (non-hydrogen) atoms. The fourth-order valence-electron chi connectivity index (χ4n) is 3.41. The lowest BCUT2D eigenvalue weighted by Crippen LogP contribution is -2.48. The van der Waals surface area contributed by atoms with Crippen molar-refractivity contribution in [3.63, 3.8) is 0 Å². The van der Waals surface area contributed by atoms with Crippen LogP contribution < -0.4 is 5.32 Å². The van der Waals surface area contributed by atoms with Crippen LogP contribution in [0.25, 0.3) is 0 Å². The zero-order chi connectivity index (χ0) is 12.1. The second-order valence-electron chi connectivity index (χ2n) is 5.70. The van der Waals surface area contributed by atoms with Crippen molar-refractivity contribution in [3.05, 3.63) is 0 Å². The highest BCUT2D eigenvalue weighted by molar-refractivity contribution is 4.84. The molecule has 0 spiro atoms. The molecule has 1 aliphatic heterocycles. The van der Waals surface area contributed by atoms with Crippen LogP contribution in [-0.2, 0) is 0 Å². The molecule has 3 heteroatoms. The number of piperidine rings is 1. The summed E-state index contributed by atoms with van der Waals surface area (Å²) in [6.07, 6.45) is 7.24. The molecule has 2 aliphatic rings. The summed E-state index contributed by atoms with van der Waals surface area (Å²) >= 11 is 0. The summed E-state index contributed by atoms with van der Waals surface area (Å²) in [7, 11) is 0. The molecular formula is C14H28N2O. The molecule has 1 aliphatic carbocycles. The normalized spacial score (nSPS) is 31.9. The monoisotopic (exact) mass is 240 g/mol. The molecule has 3 nitrogen and oxygen atoms in total. The third kappa shape index (κ3) is 3.67. The molecule has 0 radical (unpaired) electrons. The maximum Gasteiger partial charge on any atom is 0.0695 e. The molecule has 100 valence electrons. The molecule has 0 amide bonds. The van der Waals surface area contributed by atoms with Crippen molar-refractivity contribution < 1.29 is 5.11 Å². The number of hydrogen-bond donors (Lipinski definition) is 2. The average Bonchev–Trinajstić information content (AvgIpc) is 2.38.